The maximum absolute atomic E-state index is 9.78. The highest BCUT2D eigenvalue weighted by molar-refractivity contribution is 5.03. The zero-order chi connectivity index (χ0) is 9.45. The monoisotopic (exact) mass is 170 g/mol. The number of rotatable bonds is 4. The summed E-state index contributed by atoms with van der Waals surface area (Å²) in [6, 6.07) is 0. The SMILES string of the molecule is CCC(O)(CC)CC#CCOC. The number of ether oxygens (including phenoxy) is 1. The Labute approximate surface area is 74.9 Å². The van der Waals surface area contributed by atoms with E-state index in [2.05, 4.69) is 11.8 Å². The number of aliphatic hydroxyl groups is 1. The minimum absolute atomic E-state index is 0.448. The molecule has 12 heavy (non-hydrogen) atoms. The van der Waals surface area contributed by atoms with Crippen molar-refractivity contribution in [1.29, 1.82) is 0 Å². The molecule has 0 rings (SSSR count). The van der Waals surface area contributed by atoms with Crippen molar-refractivity contribution in [2.75, 3.05) is 13.7 Å². The summed E-state index contributed by atoms with van der Waals surface area (Å²) in [7, 11) is 1.61. The minimum Gasteiger partial charge on any atom is -0.389 e. The van der Waals surface area contributed by atoms with E-state index in [-0.39, 0.29) is 0 Å². The van der Waals surface area contributed by atoms with Crippen LogP contribution >= 0.6 is 0 Å². The maximum atomic E-state index is 9.78. The fourth-order valence-electron chi connectivity index (χ4n) is 0.850. The molecule has 0 radical (unpaired) electrons. The first-order chi connectivity index (χ1) is 5.68. The van der Waals surface area contributed by atoms with E-state index in [0.717, 1.165) is 12.8 Å². The molecule has 1 N–H and O–H groups in total. The van der Waals surface area contributed by atoms with E-state index in [0.29, 0.717) is 13.0 Å². The highest BCUT2D eigenvalue weighted by atomic mass is 16.5. The van der Waals surface area contributed by atoms with E-state index >= 15 is 0 Å². The molecule has 0 bridgehead atoms. The highest BCUT2D eigenvalue weighted by Gasteiger charge is 2.19. The lowest BCUT2D eigenvalue weighted by Gasteiger charge is -2.21. The van der Waals surface area contributed by atoms with Crippen LogP contribution in [0.3, 0.4) is 0 Å². The fraction of sp³-hybridized carbons (Fsp3) is 0.800. The van der Waals surface area contributed by atoms with Gasteiger partial charge < -0.3 is 9.84 Å². The van der Waals surface area contributed by atoms with Gasteiger partial charge in [0, 0.05) is 13.5 Å². The van der Waals surface area contributed by atoms with Crippen LogP contribution in [0.2, 0.25) is 0 Å². The number of methoxy groups -OCH3 is 1. The quantitative estimate of drug-likeness (QED) is 0.649. The van der Waals surface area contributed by atoms with Crippen molar-refractivity contribution in [1.82, 2.24) is 0 Å². The van der Waals surface area contributed by atoms with E-state index in [4.69, 9.17) is 4.74 Å². The van der Waals surface area contributed by atoms with Crippen LogP contribution in [-0.2, 0) is 4.74 Å². The molecule has 0 spiro atoms. The lowest BCUT2D eigenvalue weighted by Crippen LogP contribution is -2.25. The summed E-state index contributed by atoms with van der Waals surface area (Å²) < 4.78 is 4.77. The first-order valence-electron chi connectivity index (χ1n) is 4.35. The largest absolute Gasteiger partial charge is 0.389 e. The summed E-state index contributed by atoms with van der Waals surface area (Å²) in [5, 5.41) is 9.78. The van der Waals surface area contributed by atoms with E-state index in [1.54, 1.807) is 7.11 Å². The molecule has 0 aliphatic rings. The summed E-state index contributed by atoms with van der Waals surface area (Å²) in [4.78, 5) is 0. The van der Waals surface area contributed by atoms with Gasteiger partial charge in [0.25, 0.3) is 0 Å². The summed E-state index contributed by atoms with van der Waals surface area (Å²) in [6.07, 6.45) is 2.06. The Balaban J connectivity index is 3.82. The topological polar surface area (TPSA) is 29.5 Å². The third kappa shape index (κ3) is 4.38. The number of hydrogen-bond acceptors (Lipinski definition) is 2. The van der Waals surface area contributed by atoms with Gasteiger partial charge in [-0.25, -0.2) is 0 Å². The normalized spacial score (nSPS) is 10.7. The van der Waals surface area contributed by atoms with Crippen molar-refractivity contribution in [3.8, 4) is 11.8 Å². The Morgan fingerprint density at radius 2 is 1.83 bits per heavy atom. The second-order valence-electron chi connectivity index (χ2n) is 2.89. The summed E-state index contributed by atoms with van der Waals surface area (Å²) in [5.74, 6) is 5.73. The number of hydrogen-bond donors (Lipinski definition) is 1. The lowest BCUT2D eigenvalue weighted by molar-refractivity contribution is 0.0375. The molecule has 0 saturated carbocycles. The zero-order valence-electron chi connectivity index (χ0n) is 8.18. The van der Waals surface area contributed by atoms with Gasteiger partial charge in [-0.15, -0.1) is 0 Å². The van der Waals surface area contributed by atoms with Gasteiger partial charge in [0.2, 0.25) is 0 Å². The van der Waals surface area contributed by atoms with Crippen molar-refractivity contribution in [3.63, 3.8) is 0 Å². The van der Waals surface area contributed by atoms with Gasteiger partial charge in [-0.05, 0) is 12.8 Å². The predicted molar refractivity (Wildman–Crippen MR) is 49.8 cm³/mol. The van der Waals surface area contributed by atoms with Crippen LogP contribution in [0.5, 0.6) is 0 Å². The summed E-state index contributed by atoms with van der Waals surface area (Å²) >= 11 is 0. The lowest BCUT2D eigenvalue weighted by atomic mass is 9.94. The fourth-order valence-corrected chi connectivity index (χ4v) is 0.850. The highest BCUT2D eigenvalue weighted by Crippen LogP contribution is 2.17. The molecular formula is C10H18O2. The van der Waals surface area contributed by atoms with Gasteiger partial charge in [-0.3, -0.25) is 0 Å². The van der Waals surface area contributed by atoms with Crippen LogP contribution in [0.4, 0.5) is 0 Å². The van der Waals surface area contributed by atoms with Crippen molar-refractivity contribution < 1.29 is 9.84 Å². The van der Waals surface area contributed by atoms with Crippen molar-refractivity contribution in [2.24, 2.45) is 0 Å². The predicted octanol–water partition coefficient (Wildman–Crippen LogP) is 1.58. The molecule has 0 aromatic carbocycles. The standard InChI is InChI=1S/C10H18O2/c1-4-10(11,5-2)8-6-7-9-12-3/h11H,4-5,8-9H2,1-3H3. The molecule has 0 atom stereocenters. The molecule has 0 unspecified atom stereocenters. The maximum Gasteiger partial charge on any atom is 0.107 e. The molecule has 0 amide bonds. The van der Waals surface area contributed by atoms with Crippen molar-refractivity contribution in [3.05, 3.63) is 0 Å². The van der Waals surface area contributed by atoms with Crippen LogP contribution in [0.25, 0.3) is 0 Å². The Morgan fingerprint density at radius 3 is 2.25 bits per heavy atom. The Hall–Kier alpha value is -0.520. The summed E-state index contributed by atoms with van der Waals surface area (Å²) in [6.45, 7) is 4.40. The van der Waals surface area contributed by atoms with Gasteiger partial charge in [0.05, 0.1) is 5.60 Å². The van der Waals surface area contributed by atoms with E-state index in [1.807, 2.05) is 13.8 Å². The molecule has 0 saturated heterocycles. The Kier molecular flexibility index (Phi) is 5.79. The molecule has 0 fully saturated rings. The molecule has 0 aliphatic carbocycles. The molecule has 0 aromatic rings. The van der Waals surface area contributed by atoms with Gasteiger partial charge >= 0.3 is 0 Å². The molecule has 0 aromatic heterocycles. The third-order valence-electron chi connectivity index (χ3n) is 2.08. The molecule has 0 heterocycles. The Morgan fingerprint density at radius 1 is 1.25 bits per heavy atom. The van der Waals surface area contributed by atoms with Crippen LogP contribution in [0.15, 0.2) is 0 Å². The average Bonchev–Trinajstić information content (AvgIpc) is 2.12. The van der Waals surface area contributed by atoms with Crippen LogP contribution in [-0.4, -0.2) is 24.4 Å². The molecular weight excluding hydrogens is 152 g/mol. The smallest absolute Gasteiger partial charge is 0.107 e. The van der Waals surface area contributed by atoms with Gasteiger partial charge in [0.15, 0.2) is 0 Å². The second-order valence-corrected chi connectivity index (χ2v) is 2.89. The van der Waals surface area contributed by atoms with E-state index in [9.17, 15) is 5.11 Å². The van der Waals surface area contributed by atoms with Crippen LogP contribution in [0.1, 0.15) is 33.1 Å². The van der Waals surface area contributed by atoms with E-state index < -0.39 is 5.60 Å². The average molecular weight is 170 g/mol. The zero-order valence-corrected chi connectivity index (χ0v) is 8.18. The molecule has 0 aliphatic heterocycles. The second kappa shape index (κ2) is 6.05. The van der Waals surface area contributed by atoms with Gasteiger partial charge in [0.1, 0.15) is 6.61 Å². The van der Waals surface area contributed by atoms with Crippen LogP contribution < -0.4 is 0 Å². The third-order valence-corrected chi connectivity index (χ3v) is 2.08. The van der Waals surface area contributed by atoms with E-state index in [1.165, 1.54) is 0 Å². The molecule has 70 valence electrons. The molecule has 2 heteroatoms. The van der Waals surface area contributed by atoms with Crippen molar-refractivity contribution in [2.45, 2.75) is 38.7 Å². The van der Waals surface area contributed by atoms with Crippen LogP contribution in [0, 0.1) is 11.8 Å². The first kappa shape index (κ1) is 11.5. The van der Waals surface area contributed by atoms with Gasteiger partial charge in [-0.2, -0.15) is 0 Å². The summed E-state index contributed by atoms with van der Waals surface area (Å²) in [5.41, 5.74) is -0.596. The minimum atomic E-state index is -0.596. The molecule has 2 nitrogen and oxygen atoms in total. The Bertz CT molecular complexity index is 160. The van der Waals surface area contributed by atoms with Crippen molar-refractivity contribution >= 4 is 0 Å². The first-order valence-corrected chi connectivity index (χ1v) is 4.35. The van der Waals surface area contributed by atoms with Gasteiger partial charge in [-0.1, -0.05) is 25.7 Å².